The zero-order valence-corrected chi connectivity index (χ0v) is 18.0. The maximum absolute atomic E-state index is 12.7. The van der Waals surface area contributed by atoms with Crippen molar-refractivity contribution in [2.45, 2.75) is 0 Å². The first kappa shape index (κ1) is 22.0. The Hall–Kier alpha value is -3.69. The first-order valence-corrected chi connectivity index (χ1v) is 9.83. The molecule has 0 atom stereocenters. The molecule has 0 unspecified atom stereocenters. The number of hydrogen-bond donors (Lipinski definition) is 4. The molecule has 6 N–H and O–H groups in total. The van der Waals surface area contributed by atoms with Crippen molar-refractivity contribution in [2.24, 2.45) is 11.6 Å². The van der Waals surface area contributed by atoms with Crippen LogP contribution in [0.15, 0.2) is 55.0 Å². The fourth-order valence-electron chi connectivity index (χ4n) is 2.95. The van der Waals surface area contributed by atoms with Gasteiger partial charge in [0.1, 0.15) is 11.6 Å². The molecule has 0 saturated carbocycles. The van der Waals surface area contributed by atoms with Crippen LogP contribution in [0.25, 0.3) is 16.5 Å². The summed E-state index contributed by atoms with van der Waals surface area (Å²) >= 11 is 0. The first-order valence-electron chi connectivity index (χ1n) is 9.83. The summed E-state index contributed by atoms with van der Waals surface area (Å²) in [4.78, 5) is 23.4. The number of benzene rings is 1. The third-order valence-corrected chi connectivity index (χ3v) is 4.53. The number of rotatable bonds is 8. The number of nitrogens with zero attached hydrogens (tertiary/aromatic N) is 4. The van der Waals surface area contributed by atoms with Gasteiger partial charge in [-0.25, -0.2) is 15.8 Å². The van der Waals surface area contributed by atoms with Gasteiger partial charge >= 0.3 is 0 Å². The number of carbonyl (C=O) groups is 1. The number of fused-ring (bicyclic) bond motifs is 1. The van der Waals surface area contributed by atoms with Crippen LogP contribution < -0.4 is 22.2 Å². The second-order valence-corrected chi connectivity index (χ2v) is 7.50. The van der Waals surface area contributed by atoms with Gasteiger partial charge in [0.05, 0.1) is 5.70 Å². The number of likely N-dealkylation sites (N-methyl/N-ethyl adjacent to an activating group) is 1. The summed E-state index contributed by atoms with van der Waals surface area (Å²) in [5.74, 6) is 6.48. The molecule has 31 heavy (non-hydrogen) atoms. The van der Waals surface area contributed by atoms with Crippen LogP contribution in [0.2, 0.25) is 0 Å². The Morgan fingerprint density at radius 2 is 1.84 bits per heavy atom. The number of pyridine rings is 2. The SMILES string of the molecule is CN(N)/C=C(\N)c1ccc2cnc(NC(=O)c3ccnc(NCCN(C)C)c3)cc2c1. The number of hydrazine groups is 1. The highest BCUT2D eigenvalue weighted by molar-refractivity contribution is 6.05. The molecule has 3 aromatic rings. The summed E-state index contributed by atoms with van der Waals surface area (Å²) in [6, 6.07) is 11.0. The lowest BCUT2D eigenvalue weighted by atomic mass is 10.1. The van der Waals surface area contributed by atoms with Gasteiger partial charge in [-0.2, -0.15) is 0 Å². The molecule has 0 aliphatic rings. The van der Waals surface area contributed by atoms with E-state index in [0.29, 0.717) is 22.9 Å². The Labute approximate surface area is 181 Å². The summed E-state index contributed by atoms with van der Waals surface area (Å²) in [5.41, 5.74) is 7.95. The first-order chi connectivity index (χ1) is 14.8. The molecule has 0 radical (unpaired) electrons. The van der Waals surface area contributed by atoms with Gasteiger partial charge in [-0.15, -0.1) is 0 Å². The van der Waals surface area contributed by atoms with Crippen molar-refractivity contribution in [3.63, 3.8) is 0 Å². The highest BCUT2D eigenvalue weighted by Crippen LogP contribution is 2.21. The third kappa shape index (κ3) is 6.14. The molecule has 1 aromatic carbocycles. The van der Waals surface area contributed by atoms with Crippen LogP contribution in [-0.4, -0.2) is 60.0 Å². The van der Waals surface area contributed by atoms with Gasteiger partial charge in [-0.1, -0.05) is 12.1 Å². The molecule has 0 bridgehead atoms. The molecule has 9 heteroatoms. The van der Waals surface area contributed by atoms with E-state index in [1.807, 2.05) is 38.4 Å². The molecule has 0 fully saturated rings. The van der Waals surface area contributed by atoms with E-state index in [4.69, 9.17) is 11.6 Å². The quantitative estimate of drug-likeness (QED) is 0.322. The molecule has 0 spiro atoms. The lowest BCUT2D eigenvalue weighted by molar-refractivity contribution is 0.102. The van der Waals surface area contributed by atoms with E-state index in [0.717, 1.165) is 29.4 Å². The second kappa shape index (κ2) is 9.88. The Bertz CT molecular complexity index is 1090. The number of nitrogens with one attached hydrogen (secondary N) is 2. The molecule has 2 aromatic heterocycles. The van der Waals surface area contributed by atoms with E-state index >= 15 is 0 Å². The Balaban J connectivity index is 1.76. The number of hydrogen-bond acceptors (Lipinski definition) is 8. The Kier molecular flexibility index (Phi) is 7.01. The smallest absolute Gasteiger partial charge is 0.257 e. The summed E-state index contributed by atoms with van der Waals surface area (Å²) in [6.45, 7) is 1.60. The number of carbonyl (C=O) groups excluding carboxylic acids is 1. The van der Waals surface area contributed by atoms with Crippen LogP contribution in [0.5, 0.6) is 0 Å². The molecule has 0 saturated heterocycles. The predicted molar refractivity (Wildman–Crippen MR) is 125 cm³/mol. The van der Waals surface area contributed by atoms with E-state index in [1.54, 1.807) is 37.8 Å². The van der Waals surface area contributed by atoms with Gasteiger partial charge in [0.2, 0.25) is 0 Å². The minimum Gasteiger partial charge on any atom is -0.397 e. The topological polar surface area (TPSA) is 125 Å². The average Bonchev–Trinajstić information content (AvgIpc) is 2.72. The molecular weight excluding hydrogens is 392 g/mol. The third-order valence-electron chi connectivity index (χ3n) is 4.53. The highest BCUT2D eigenvalue weighted by Gasteiger charge is 2.09. The standard InChI is InChI=1S/C22H28N8O/c1-29(2)9-8-26-20-11-16(6-7-25-20)22(31)28-21-12-18-10-15(19(23)14-30(3)24)4-5-17(18)13-27-21/h4-7,10-14H,8-9,23-24H2,1-3H3,(H,25,26)(H,27,28,31)/b19-14-. The number of aromatic nitrogens is 2. The van der Waals surface area contributed by atoms with E-state index < -0.39 is 0 Å². The van der Waals surface area contributed by atoms with E-state index in [2.05, 4.69) is 25.5 Å². The van der Waals surface area contributed by atoms with Crippen molar-refractivity contribution in [3.8, 4) is 0 Å². The monoisotopic (exact) mass is 420 g/mol. The average molecular weight is 421 g/mol. The van der Waals surface area contributed by atoms with Gasteiger partial charge < -0.3 is 26.3 Å². The van der Waals surface area contributed by atoms with Crippen LogP contribution in [0.4, 0.5) is 11.6 Å². The predicted octanol–water partition coefficient (Wildman–Crippen LogP) is 1.92. The van der Waals surface area contributed by atoms with E-state index in [1.165, 1.54) is 5.01 Å². The molecule has 9 nitrogen and oxygen atoms in total. The number of nitrogens with two attached hydrogens (primary N) is 2. The molecule has 0 aliphatic carbocycles. The molecule has 3 rings (SSSR count). The second-order valence-electron chi connectivity index (χ2n) is 7.50. The number of anilines is 2. The van der Waals surface area contributed by atoms with Crippen LogP contribution in [0, 0.1) is 0 Å². The Morgan fingerprint density at radius 3 is 2.58 bits per heavy atom. The maximum Gasteiger partial charge on any atom is 0.257 e. The van der Waals surface area contributed by atoms with Crippen molar-refractivity contribution in [1.29, 1.82) is 0 Å². The number of amides is 1. The molecule has 162 valence electrons. The lowest BCUT2D eigenvalue weighted by Crippen LogP contribution is -2.21. The maximum atomic E-state index is 12.7. The fourth-order valence-corrected chi connectivity index (χ4v) is 2.95. The summed E-state index contributed by atoms with van der Waals surface area (Å²) in [6.07, 6.45) is 4.96. The normalized spacial score (nSPS) is 11.6. The van der Waals surface area contributed by atoms with Crippen molar-refractivity contribution in [1.82, 2.24) is 19.9 Å². The highest BCUT2D eigenvalue weighted by atomic mass is 16.1. The van der Waals surface area contributed by atoms with Crippen LogP contribution in [0.1, 0.15) is 15.9 Å². The lowest BCUT2D eigenvalue weighted by Gasteiger charge is -2.12. The van der Waals surface area contributed by atoms with Gasteiger partial charge in [0.15, 0.2) is 0 Å². The Morgan fingerprint density at radius 1 is 1.03 bits per heavy atom. The molecule has 0 aliphatic heterocycles. The van der Waals surface area contributed by atoms with Crippen LogP contribution in [-0.2, 0) is 0 Å². The van der Waals surface area contributed by atoms with Crippen LogP contribution in [0.3, 0.4) is 0 Å². The zero-order chi connectivity index (χ0) is 22.4. The van der Waals surface area contributed by atoms with Crippen molar-refractivity contribution >= 4 is 34.0 Å². The summed E-state index contributed by atoms with van der Waals surface area (Å²) < 4.78 is 0. The summed E-state index contributed by atoms with van der Waals surface area (Å²) in [5, 5.41) is 9.29. The van der Waals surface area contributed by atoms with Crippen molar-refractivity contribution in [3.05, 3.63) is 66.1 Å². The fraction of sp³-hybridized carbons (Fsp3) is 0.227. The van der Waals surface area contributed by atoms with Gasteiger partial charge in [0.25, 0.3) is 5.91 Å². The van der Waals surface area contributed by atoms with Gasteiger partial charge in [-0.3, -0.25) is 4.79 Å². The minimum atomic E-state index is -0.259. The van der Waals surface area contributed by atoms with Crippen molar-refractivity contribution < 1.29 is 4.79 Å². The summed E-state index contributed by atoms with van der Waals surface area (Å²) in [7, 11) is 5.70. The van der Waals surface area contributed by atoms with E-state index in [9.17, 15) is 4.79 Å². The molecule has 2 heterocycles. The minimum absolute atomic E-state index is 0.259. The van der Waals surface area contributed by atoms with Gasteiger partial charge in [0, 0.05) is 49.7 Å². The molecular formula is C22H28N8O. The van der Waals surface area contributed by atoms with E-state index in [-0.39, 0.29) is 5.91 Å². The van der Waals surface area contributed by atoms with Gasteiger partial charge in [-0.05, 0) is 49.3 Å². The molecule has 1 amide bonds. The zero-order valence-electron chi connectivity index (χ0n) is 18.0. The largest absolute Gasteiger partial charge is 0.397 e. The van der Waals surface area contributed by atoms with Crippen LogP contribution >= 0.6 is 0 Å². The van der Waals surface area contributed by atoms with Crippen molar-refractivity contribution in [2.75, 3.05) is 44.9 Å².